The molecule has 0 aliphatic carbocycles. The molecule has 0 heterocycles. The van der Waals surface area contributed by atoms with Gasteiger partial charge in [-0.05, 0) is 64.2 Å². The molecule has 0 aromatic rings. The van der Waals surface area contributed by atoms with Crippen molar-refractivity contribution < 1.29 is 8.23 Å². The molecular formula is C10H36N4O2Si4. The predicted octanol–water partition coefficient (Wildman–Crippen LogP) is -0.971. The molecule has 124 valence electrons. The van der Waals surface area contributed by atoms with Gasteiger partial charge in [0.1, 0.15) is 10.5 Å². The highest BCUT2D eigenvalue weighted by Crippen LogP contribution is 2.23. The monoisotopic (exact) mass is 356 g/mol. The Balaban J connectivity index is 0. The van der Waals surface area contributed by atoms with Crippen LogP contribution in [0.15, 0.2) is 0 Å². The first-order valence-electron chi connectivity index (χ1n) is 7.24. The van der Waals surface area contributed by atoms with E-state index >= 15 is 0 Å². The summed E-state index contributed by atoms with van der Waals surface area (Å²) in [5.74, 6) is 0. The Morgan fingerprint density at radius 1 is 0.900 bits per heavy atom. The smallest absolute Gasteiger partial charge is 0.318 e. The Bertz CT molecular complexity index is 215. The molecule has 0 radical (unpaired) electrons. The Morgan fingerprint density at radius 3 is 1.40 bits per heavy atom. The first-order chi connectivity index (χ1) is 9.10. The molecule has 0 unspecified atom stereocenters. The van der Waals surface area contributed by atoms with Crippen LogP contribution in [-0.4, -0.2) is 49.6 Å². The minimum absolute atomic E-state index is 0.685. The Kier molecular flexibility index (Phi) is 14.0. The third-order valence-electron chi connectivity index (χ3n) is 2.79. The third kappa shape index (κ3) is 16.7. The SMILES string of the molecule is C[Si](C)(CCCN)O[Si](C)(C)CCCN.N[SiH](N)O[SiH3]. The average Bonchev–Trinajstić information content (AvgIpc) is 2.33. The van der Waals surface area contributed by atoms with Crippen LogP contribution >= 0.6 is 0 Å². The quantitative estimate of drug-likeness (QED) is 0.394. The van der Waals surface area contributed by atoms with Gasteiger partial charge in [0.2, 0.25) is 0 Å². The van der Waals surface area contributed by atoms with Crippen molar-refractivity contribution in [1.82, 2.24) is 0 Å². The second kappa shape index (κ2) is 12.2. The maximum atomic E-state index is 6.40. The van der Waals surface area contributed by atoms with Gasteiger partial charge in [-0.2, -0.15) is 0 Å². The zero-order valence-electron chi connectivity index (χ0n) is 13.9. The van der Waals surface area contributed by atoms with Gasteiger partial charge in [-0.1, -0.05) is 0 Å². The molecule has 0 aromatic carbocycles. The zero-order chi connectivity index (χ0) is 16.2. The highest BCUT2D eigenvalue weighted by atomic mass is 28.4. The van der Waals surface area contributed by atoms with Gasteiger partial charge < -0.3 is 30.5 Å². The Morgan fingerprint density at radius 2 is 1.20 bits per heavy atom. The molecule has 0 saturated heterocycles. The number of hydrogen-bond acceptors (Lipinski definition) is 6. The topological polar surface area (TPSA) is 123 Å². The molecule has 0 atom stereocenters. The van der Waals surface area contributed by atoms with E-state index in [1.807, 2.05) is 0 Å². The molecule has 0 aromatic heterocycles. The van der Waals surface area contributed by atoms with Gasteiger partial charge in [-0.15, -0.1) is 0 Å². The highest BCUT2D eigenvalue weighted by molar-refractivity contribution is 6.84. The van der Waals surface area contributed by atoms with Gasteiger partial charge >= 0.3 is 9.36 Å². The Labute approximate surface area is 131 Å². The standard InChI is InChI=1S/C10H28N2OSi2.H8N2OSi2/c1-14(2,9-5-7-11)13-15(3,4)10-6-8-12;1-5(2)3-4/h5-12H2,1-4H3;5H,1-2H2,4H3. The molecule has 0 saturated carbocycles. The second-order valence-corrected chi connectivity index (χ2v) is 17.8. The van der Waals surface area contributed by atoms with Crippen molar-refractivity contribution in [3.63, 3.8) is 0 Å². The van der Waals surface area contributed by atoms with Gasteiger partial charge in [-0.25, -0.2) is 0 Å². The van der Waals surface area contributed by atoms with Crippen LogP contribution in [0.3, 0.4) is 0 Å². The number of rotatable bonds is 9. The van der Waals surface area contributed by atoms with Crippen molar-refractivity contribution in [2.75, 3.05) is 13.1 Å². The van der Waals surface area contributed by atoms with Crippen LogP contribution in [0.1, 0.15) is 12.8 Å². The predicted molar refractivity (Wildman–Crippen MR) is 99.6 cm³/mol. The maximum absolute atomic E-state index is 6.40. The largest absolute Gasteiger partial charge is 0.455 e. The van der Waals surface area contributed by atoms with Crippen LogP contribution in [0, 0.1) is 0 Å². The van der Waals surface area contributed by atoms with E-state index in [4.69, 9.17) is 26.4 Å². The summed E-state index contributed by atoms with van der Waals surface area (Å²) in [6.07, 6.45) is 2.20. The molecule has 0 spiro atoms. The third-order valence-corrected chi connectivity index (χ3v) is 12.5. The molecule has 0 aliphatic rings. The zero-order valence-corrected chi connectivity index (χ0v) is 19.1. The van der Waals surface area contributed by atoms with E-state index in [0.29, 0.717) is 10.5 Å². The summed E-state index contributed by atoms with van der Waals surface area (Å²) in [6.45, 7) is 10.8. The molecule has 6 nitrogen and oxygen atoms in total. The number of hydrogen-bond donors (Lipinski definition) is 4. The normalized spacial score (nSPS) is 12.4. The molecule has 0 fully saturated rings. The molecule has 20 heavy (non-hydrogen) atoms. The summed E-state index contributed by atoms with van der Waals surface area (Å²) in [5, 5.41) is 10.0. The molecule has 0 aliphatic heterocycles. The average molecular weight is 357 g/mol. The van der Waals surface area contributed by atoms with Crippen molar-refractivity contribution in [1.29, 1.82) is 0 Å². The lowest BCUT2D eigenvalue weighted by Gasteiger charge is -2.34. The molecule has 0 bridgehead atoms. The van der Waals surface area contributed by atoms with E-state index in [0.717, 1.165) is 25.9 Å². The molecule has 0 amide bonds. The lowest BCUT2D eigenvalue weighted by Crippen LogP contribution is -2.44. The lowest BCUT2D eigenvalue weighted by atomic mass is 10.5. The van der Waals surface area contributed by atoms with Crippen molar-refractivity contribution >= 4 is 36.5 Å². The van der Waals surface area contributed by atoms with Crippen molar-refractivity contribution in [2.24, 2.45) is 22.3 Å². The highest BCUT2D eigenvalue weighted by Gasteiger charge is 2.31. The summed E-state index contributed by atoms with van der Waals surface area (Å²) < 4.78 is 11.0. The summed E-state index contributed by atoms with van der Waals surface area (Å²) in [5.41, 5.74) is 11.1. The van der Waals surface area contributed by atoms with E-state index < -0.39 is 26.0 Å². The van der Waals surface area contributed by atoms with Crippen molar-refractivity contribution in [3.05, 3.63) is 0 Å². The Hall–Kier alpha value is 0.628. The first kappa shape index (κ1) is 22.9. The summed E-state index contributed by atoms with van der Waals surface area (Å²) in [6, 6.07) is 2.37. The van der Waals surface area contributed by atoms with E-state index in [1.165, 1.54) is 12.1 Å². The van der Waals surface area contributed by atoms with Crippen LogP contribution < -0.4 is 22.3 Å². The second-order valence-electron chi connectivity index (χ2n) is 6.11. The van der Waals surface area contributed by atoms with E-state index in [-0.39, 0.29) is 0 Å². The van der Waals surface area contributed by atoms with Crippen LogP contribution in [0.4, 0.5) is 0 Å². The summed E-state index contributed by atoms with van der Waals surface area (Å²) >= 11 is 0. The fourth-order valence-corrected chi connectivity index (χ4v) is 10.8. The van der Waals surface area contributed by atoms with Crippen molar-refractivity contribution in [2.45, 2.75) is 51.1 Å². The van der Waals surface area contributed by atoms with E-state index in [9.17, 15) is 0 Å². The van der Waals surface area contributed by atoms with Crippen LogP contribution in [-0.2, 0) is 8.23 Å². The molecule has 8 N–H and O–H groups in total. The summed E-state index contributed by atoms with van der Waals surface area (Å²) in [4.78, 5) is 0. The molecule has 0 rings (SSSR count). The van der Waals surface area contributed by atoms with E-state index in [1.54, 1.807) is 0 Å². The fraction of sp³-hybridized carbons (Fsp3) is 1.00. The molecule has 10 heteroatoms. The minimum Gasteiger partial charge on any atom is -0.455 e. The van der Waals surface area contributed by atoms with Gasteiger partial charge in [0.05, 0.1) is 0 Å². The van der Waals surface area contributed by atoms with Crippen LogP contribution in [0.2, 0.25) is 38.3 Å². The minimum atomic E-state index is -1.59. The fourth-order valence-electron chi connectivity index (χ4n) is 1.91. The maximum Gasteiger partial charge on any atom is 0.318 e. The summed E-state index contributed by atoms with van der Waals surface area (Å²) in [7, 11) is -3.84. The van der Waals surface area contributed by atoms with Gasteiger partial charge in [-0.3, -0.25) is 0 Å². The number of nitrogens with two attached hydrogens (primary N) is 4. The first-order valence-corrected chi connectivity index (χ1v) is 16.1. The lowest BCUT2D eigenvalue weighted by molar-refractivity contribution is 0.531. The van der Waals surface area contributed by atoms with Crippen LogP contribution in [0.25, 0.3) is 0 Å². The van der Waals surface area contributed by atoms with Crippen molar-refractivity contribution in [3.8, 4) is 0 Å². The molecular weight excluding hydrogens is 320 g/mol. The van der Waals surface area contributed by atoms with Gasteiger partial charge in [0, 0.05) is 0 Å². The van der Waals surface area contributed by atoms with Gasteiger partial charge in [0.15, 0.2) is 16.6 Å². The van der Waals surface area contributed by atoms with Gasteiger partial charge in [0.25, 0.3) is 0 Å². The van der Waals surface area contributed by atoms with Crippen LogP contribution in [0.5, 0.6) is 0 Å². The van der Waals surface area contributed by atoms with E-state index in [2.05, 4.69) is 30.3 Å².